The van der Waals surface area contributed by atoms with Crippen LogP contribution in [0.2, 0.25) is 0 Å². The van der Waals surface area contributed by atoms with Gasteiger partial charge in [-0.3, -0.25) is 0 Å². The highest BCUT2D eigenvalue weighted by molar-refractivity contribution is 9.10. The van der Waals surface area contributed by atoms with Gasteiger partial charge in [0, 0.05) is 10.0 Å². The summed E-state index contributed by atoms with van der Waals surface area (Å²) in [6, 6.07) is 16.7. The second-order valence-corrected chi connectivity index (χ2v) is 5.94. The Kier molecular flexibility index (Phi) is 3.88. The Labute approximate surface area is 117 Å². The van der Waals surface area contributed by atoms with Gasteiger partial charge in [0.05, 0.1) is 0 Å². The second-order valence-electron chi connectivity index (χ2n) is 5.03. The van der Waals surface area contributed by atoms with Crippen molar-refractivity contribution in [2.45, 2.75) is 25.8 Å². The Bertz CT molecular complexity index is 529. The summed E-state index contributed by atoms with van der Waals surface area (Å²) in [4.78, 5) is 0. The van der Waals surface area contributed by atoms with Gasteiger partial charge in [0.15, 0.2) is 0 Å². The van der Waals surface area contributed by atoms with Gasteiger partial charge in [-0.15, -0.1) is 0 Å². The lowest BCUT2D eigenvalue weighted by Gasteiger charge is -2.26. The maximum Gasteiger partial charge on any atom is 0.0421 e. The SMILES string of the molecule is Cc1ccccc1CC(C)(N)c1ccc(Br)cc1. The van der Waals surface area contributed by atoms with E-state index in [-0.39, 0.29) is 5.54 Å². The quantitative estimate of drug-likeness (QED) is 0.904. The van der Waals surface area contributed by atoms with Crippen molar-refractivity contribution in [3.8, 4) is 0 Å². The Morgan fingerprint density at radius 2 is 1.67 bits per heavy atom. The summed E-state index contributed by atoms with van der Waals surface area (Å²) in [6.45, 7) is 4.22. The van der Waals surface area contributed by atoms with E-state index in [1.165, 1.54) is 11.1 Å². The predicted octanol–water partition coefficient (Wildman–Crippen LogP) is 4.17. The maximum absolute atomic E-state index is 6.47. The van der Waals surface area contributed by atoms with E-state index in [0.717, 1.165) is 16.5 Å². The largest absolute Gasteiger partial charge is 0.321 e. The average Bonchev–Trinajstić information content (AvgIpc) is 2.32. The van der Waals surface area contributed by atoms with Crippen LogP contribution in [0, 0.1) is 6.92 Å². The smallest absolute Gasteiger partial charge is 0.0421 e. The highest BCUT2D eigenvalue weighted by Crippen LogP contribution is 2.25. The van der Waals surface area contributed by atoms with Crippen LogP contribution < -0.4 is 5.73 Å². The van der Waals surface area contributed by atoms with Crippen LogP contribution in [0.15, 0.2) is 53.0 Å². The molecule has 2 N–H and O–H groups in total. The molecule has 0 amide bonds. The van der Waals surface area contributed by atoms with Gasteiger partial charge in [-0.1, -0.05) is 52.3 Å². The van der Waals surface area contributed by atoms with Crippen molar-refractivity contribution in [2.75, 3.05) is 0 Å². The van der Waals surface area contributed by atoms with Crippen molar-refractivity contribution in [3.05, 3.63) is 69.7 Å². The normalized spacial score (nSPS) is 14.2. The molecular weight excluding hydrogens is 286 g/mol. The summed E-state index contributed by atoms with van der Waals surface area (Å²) >= 11 is 3.45. The van der Waals surface area contributed by atoms with Gasteiger partial charge in [-0.05, 0) is 49.1 Å². The standard InChI is InChI=1S/C16H18BrN/c1-12-5-3-4-6-13(12)11-16(2,18)14-7-9-15(17)10-8-14/h3-10H,11,18H2,1-2H3. The molecule has 0 saturated carbocycles. The first-order valence-electron chi connectivity index (χ1n) is 6.08. The Balaban J connectivity index is 2.27. The average molecular weight is 304 g/mol. The number of aryl methyl sites for hydroxylation is 1. The van der Waals surface area contributed by atoms with Gasteiger partial charge in [-0.25, -0.2) is 0 Å². The molecule has 0 radical (unpaired) electrons. The van der Waals surface area contributed by atoms with Gasteiger partial charge >= 0.3 is 0 Å². The van der Waals surface area contributed by atoms with E-state index < -0.39 is 0 Å². The molecule has 18 heavy (non-hydrogen) atoms. The number of benzene rings is 2. The molecule has 2 aromatic rings. The maximum atomic E-state index is 6.47. The minimum absolute atomic E-state index is 0.340. The molecule has 0 spiro atoms. The number of nitrogens with two attached hydrogens (primary N) is 1. The topological polar surface area (TPSA) is 26.0 Å². The fourth-order valence-electron chi connectivity index (χ4n) is 2.14. The van der Waals surface area contributed by atoms with E-state index in [1.807, 2.05) is 12.1 Å². The number of halogens is 1. The molecule has 94 valence electrons. The third-order valence-electron chi connectivity index (χ3n) is 3.32. The van der Waals surface area contributed by atoms with Crippen LogP contribution in [0.3, 0.4) is 0 Å². The van der Waals surface area contributed by atoms with E-state index in [1.54, 1.807) is 0 Å². The molecule has 0 aliphatic rings. The number of hydrogen-bond donors (Lipinski definition) is 1. The summed E-state index contributed by atoms with van der Waals surface area (Å²) < 4.78 is 1.08. The van der Waals surface area contributed by atoms with Crippen LogP contribution in [0.5, 0.6) is 0 Å². The van der Waals surface area contributed by atoms with Crippen molar-refractivity contribution in [3.63, 3.8) is 0 Å². The molecule has 0 aromatic heterocycles. The molecule has 2 heteroatoms. The lowest BCUT2D eigenvalue weighted by Crippen LogP contribution is -2.35. The number of rotatable bonds is 3. The first-order valence-corrected chi connectivity index (χ1v) is 6.88. The van der Waals surface area contributed by atoms with E-state index >= 15 is 0 Å². The van der Waals surface area contributed by atoms with E-state index in [4.69, 9.17) is 5.73 Å². The van der Waals surface area contributed by atoms with Gasteiger partial charge in [0.1, 0.15) is 0 Å². The van der Waals surface area contributed by atoms with E-state index in [2.05, 4.69) is 66.2 Å². The Morgan fingerprint density at radius 3 is 2.28 bits per heavy atom. The minimum atomic E-state index is -0.340. The fourth-order valence-corrected chi connectivity index (χ4v) is 2.40. The first kappa shape index (κ1) is 13.3. The zero-order valence-corrected chi connectivity index (χ0v) is 12.4. The highest BCUT2D eigenvalue weighted by atomic mass is 79.9. The Hall–Kier alpha value is -1.12. The van der Waals surface area contributed by atoms with Gasteiger partial charge < -0.3 is 5.73 Å². The third-order valence-corrected chi connectivity index (χ3v) is 3.85. The van der Waals surface area contributed by atoms with Gasteiger partial charge in [0.25, 0.3) is 0 Å². The van der Waals surface area contributed by atoms with Crippen LogP contribution >= 0.6 is 15.9 Å². The molecular formula is C16H18BrN. The second kappa shape index (κ2) is 5.25. The van der Waals surface area contributed by atoms with Crippen LogP contribution in [0.25, 0.3) is 0 Å². The summed E-state index contributed by atoms with van der Waals surface area (Å²) in [5, 5.41) is 0. The number of hydrogen-bond acceptors (Lipinski definition) is 1. The highest BCUT2D eigenvalue weighted by Gasteiger charge is 2.22. The van der Waals surface area contributed by atoms with E-state index in [0.29, 0.717) is 0 Å². The summed E-state index contributed by atoms with van der Waals surface area (Å²) in [5.41, 5.74) is 9.90. The molecule has 1 nitrogen and oxygen atoms in total. The first-order chi connectivity index (χ1) is 8.49. The van der Waals surface area contributed by atoms with Crippen LogP contribution in [-0.4, -0.2) is 0 Å². The molecule has 0 aliphatic heterocycles. The summed E-state index contributed by atoms with van der Waals surface area (Å²) in [7, 11) is 0. The van der Waals surface area contributed by atoms with Crippen LogP contribution in [0.4, 0.5) is 0 Å². The minimum Gasteiger partial charge on any atom is -0.321 e. The van der Waals surface area contributed by atoms with Crippen molar-refractivity contribution in [1.82, 2.24) is 0 Å². The predicted molar refractivity (Wildman–Crippen MR) is 80.6 cm³/mol. The molecule has 0 saturated heterocycles. The van der Waals surface area contributed by atoms with Crippen molar-refractivity contribution in [2.24, 2.45) is 5.73 Å². The van der Waals surface area contributed by atoms with Crippen molar-refractivity contribution < 1.29 is 0 Å². The zero-order chi connectivity index (χ0) is 13.2. The fraction of sp³-hybridized carbons (Fsp3) is 0.250. The van der Waals surface area contributed by atoms with Crippen LogP contribution in [0.1, 0.15) is 23.6 Å². The summed E-state index contributed by atoms with van der Waals surface area (Å²) in [6.07, 6.45) is 0.849. The molecule has 2 aromatic carbocycles. The van der Waals surface area contributed by atoms with Crippen molar-refractivity contribution in [1.29, 1.82) is 0 Å². The molecule has 0 fully saturated rings. The van der Waals surface area contributed by atoms with E-state index in [9.17, 15) is 0 Å². The third kappa shape index (κ3) is 3.01. The molecule has 0 bridgehead atoms. The monoisotopic (exact) mass is 303 g/mol. The Morgan fingerprint density at radius 1 is 1.06 bits per heavy atom. The van der Waals surface area contributed by atoms with Gasteiger partial charge in [-0.2, -0.15) is 0 Å². The summed E-state index contributed by atoms with van der Waals surface area (Å²) in [5.74, 6) is 0. The molecule has 0 aliphatic carbocycles. The van der Waals surface area contributed by atoms with Crippen molar-refractivity contribution >= 4 is 15.9 Å². The van der Waals surface area contributed by atoms with Gasteiger partial charge in [0.2, 0.25) is 0 Å². The lowest BCUT2D eigenvalue weighted by molar-refractivity contribution is 0.490. The zero-order valence-electron chi connectivity index (χ0n) is 10.8. The molecule has 1 unspecified atom stereocenters. The molecule has 2 rings (SSSR count). The molecule has 1 atom stereocenters. The van der Waals surface area contributed by atoms with Crippen LogP contribution in [-0.2, 0) is 12.0 Å². The molecule has 0 heterocycles. The lowest BCUT2D eigenvalue weighted by atomic mass is 9.85.